The van der Waals surface area contributed by atoms with Crippen molar-refractivity contribution in [2.45, 2.75) is 38.2 Å². The monoisotopic (exact) mass is 289 g/mol. The van der Waals surface area contributed by atoms with E-state index in [1.54, 1.807) is 6.07 Å². The van der Waals surface area contributed by atoms with Crippen molar-refractivity contribution in [2.75, 3.05) is 5.32 Å². The number of para-hydroxylation sites is 2. The van der Waals surface area contributed by atoms with E-state index in [4.69, 9.17) is 9.84 Å². The van der Waals surface area contributed by atoms with Gasteiger partial charge in [0.05, 0.1) is 23.6 Å². The van der Waals surface area contributed by atoms with Crippen molar-refractivity contribution in [2.24, 2.45) is 11.8 Å². The molecule has 0 unspecified atom stereocenters. The van der Waals surface area contributed by atoms with Gasteiger partial charge in [0.2, 0.25) is 5.91 Å². The minimum atomic E-state index is -0.898. The number of nitrogens with one attached hydrogen (secondary N) is 1. The number of rotatable bonds is 5. The predicted octanol–water partition coefficient (Wildman–Crippen LogP) is 2.67. The fraction of sp³-hybridized carbons (Fsp3) is 0.500. The zero-order valence-corrected chi connectivity index (χ0v) is 11.7. The summed E-state index contributed by atoms with van der Waals surface area (Å²) in [5, 5.41) is 11.7. The first-order valence-corrected chi connectivity index (χ1v) is 7.44. The lowest BCUT2D eigenvalue weighted by atomic mass is 10.2. The molecule has 0 heterocycles. The summed E-state index contributed by atoms with van der Waals surface area (Å²) in [4.78, 5) is 22.9. The molecule has 3 rings (SSSR count). The van der Waals surface area contributed by atoms with Crippen LogP contribution in [0.4, 0.5) is 5.69 Å². The van der Waals surface area contributed by atoms with Crippen LogP contribution in [-0.2, 0) is 9.59 Å². The summed E-state index contributed by atoms with van der Waals surface area (Å²) in [5.74, 6) is -1.41. The van der Waals surface area contributed by atoms with Gasteiger partial charge in [0.15, 0.2) is 0 Å². The van der Waals surface area contributed by atoms with E-state index >= 15 is 0 Å². The molecule has 0 bridgehead atoms. The Morgan fingerprint density at radius 1 is 1.14 bits per heavy atom. The Hall–Kier alpha value is -2.04. The summed E-state index contributed by atoms with van der Waals surface area (Å²) >= 11 is 0. The van der Waals surface area contributed by atoms with Crippen LogP contribution < -0.4 is 10.1 Å². The SMILES string of the molecule is O=C(Nc1ccccc1OC1CCCC1)[C@H]1C[C@H]1C(=O)O. The first-order chi connectivity index (χ1) is 10.1. The van der Waals surface area contributed by atoms with E-state index < -0.39 is 17.8 Å². The molecule has 1 amide bonds. The quantitative estimate of drug-likeness (QED) is 0.873. The molecule has 2 saturated carbocycles. The van der Waals surface area contributed by atoms with Crippen LogP contribution in [0.25, 0.3) is 0 Å². The minimum absolute atomic E-state index is 0.218. The number of aliphatic carboxylic acids is 1. The maximum absolute atomic E-state index is 12.0. The number of amides is 1. The third kappa shape index (κ3) is 3.17. The highest BCUT2D eigenvalue weighted by molar-refractivity contribution is 5.99. The number of hydrogen-bond donors (Lipinski definition) is 2. The van der Waals surface area contributed by atoms with Crippen molar-refractivity contribution >= 4 is 17.6 Å². The molecular formula is C16H19NO4. The van der Waals surface area contributed by atoms with E-state index in [2.05, 4.69) is 5.32 Å². The summed E-state index contributed by atoms with van der Waals surface area (Å²) in [6.45, 7) is 0. The average Bonchev–Trinajstić information content (AvgIpc) is 3.12. The lowest BCUT2D eigenvalue weighted by Gasteiger charge is -2.16. The lowest BCUT2D eigenvalue weighted by molar-refractivity contribution is -0.139. The van der Waals surface area contributed by atoms with E-state index in [1.807, 2.05) is 18.2 Å². The van der Waals surface area contributed by atoms with Gasteiger partial charge in [-0.2, -0.15) is 0 Å². The summed E-state index contributed by atoms with van der Waals surface area (Å²) in [5.41, 5.74) is 0.630. The first kappa shape index (κ1) is 13.9. The molecule has 2 aliphatic rings. The van der Waals surface area contributed by atoms with Gasteiger partial charge in [0.1, 0.15) is 5.75 Å². The van der Waals surface area contributed by atoms with Gasteiger partial charge in [-0.3, -0.25) is 9.59 Å². The molecule has 0 spiro atoms. The van der Waals surface area contributed by atoms with Crippen LogP contribution in [0.15, 0.2) is 24.3 Å². The molecule has 2 atom stereocenters. The Morgan fingerprint density at radius 3 is 2.52 bits per heavy atom. The Labute approximate surface area is 123 Å². The molecule has 5 nitrogen and oxygen atoms in total. The van der Waals surface area contributed by atoms with E-state index in [-0.39, 0.29) is 12.0 Å². The van der Waals surface area contributed by atoms with Crippen molar-refractivity contribution in [1.29, 1.82) is 0 Å². The number of hydrogen-bond acceptors (Lipinski definition) is 3. The standard InChI is InChI=1S/C16H19NO4/c18-15(11-9-12(11)16(19)20)17-13-7-3-4-8-14(13)21-10-5-1-2-6-10/h3-4,7-8,10-12H,1-2,5-6,9H2,(H,17,18)(H,19,20)/t11-,12+/m0/s1. The van der Waals surface area contributed by atoms with Crippen molar-refractivity contribution in [1.82, 2.24) is 0 Å². The van der Waals surface area contributed by atoms with E-state index in [0.717, 1.165) is 12.8 Å². The Bertz CT molecular complexity index is 551. The number of anilines is 1. The van der Waals surface area contributed by atoms with Crippen molar-refractivity contribution in [3.8, 4) is 5.75 Å². The normalized spacial score (nSPS) is 24.6. The Balaban J connectivity index is 1.65. The largest absolute Gasteiger partial charge is 0.488 e. The van der Waals surface area contributed by atoms with Gasteiger partial charge in [-0.25, -0.2) is 0 Å². The van der Waals surface area contributed by atoms with E-state index in [0.29, 0.717) is 17.9 Å². The van der Waals surface area contributed by atoms with Crippen LogP contribution in [0.5, 0.6) is 5.75 Å². The van der Waals surface area contributed by atoms with Crippen molar-refractivity contribution in [3.05, 3.63) is 24.3 Å². The second kappa shape index (κ2) is 5.76. The molecular weight excluding hydrogens is 270 g/mol. The van der Waals surface area contributed by atoms with Crippen LogP contribution in [0.1, 0.15) is 32.1 Å². The molecule has 0 saturated heterocycles. The van der Waals surface area contributed by atoms with Gasteiger partial charge in [-0.1, -0.05) is 12.1 Å². The third-order valence-electron chi connectivity index (χ3n) is 4.19. The molecule has 1 aromatic rings. The molecule has 5 heteroatoms. The summed E-state index contributed by atoms with van der Waals surface area (Å²) in [6.07, 6.45) is 5.10. The predicted molar refractivity (Wildman–Crippen MR) is 77.2 cm³/mol. The highest BCUT2D eigenvalue weighted by Gasteiger charge is 2.48. The fourth-order valence-corrected chi connectivity index (χ4v) is 2.84. The Morgan fingerprint density at radius 2 is 1.86 bits per heavy atom. The molecule has 21 heavy (non-hydrogen) atoms. The smallest absolute Gasteiger partial charge is 0.307 e. The van der Waals surface area contributed by atoms with Gasteiger partial charge in [-0.15, -0.1) is 0 Å². The fourth-order valence-electron chi connectivity index (χ4n) is 2.84. The zero-order valence-electron chi connectivity index (χ0n) is 11.7. The van der Waals surface area contributed by atoms with Gasteiger partial charge >= 0.3 is 5.97 Å². The molecule has 0 radical (unpaired) electrons. The van der Waals surface area contributed by atoms with Crippen LogP contribution in [-0.4, -0.2) is 23.1 Å². The van der Waals surface area contributed by atoms with Crippen LogP contribution in [0.2, 0.25) is 0 Å². The topological polar surface area (TPSA) is 75.6 Å². The zero-order chi connectivity index (χ0) is 14.8. The molecule has 0 aliphatic heterocycles. The summed E-state index contributed by atoms with van der Waals surface area (Å²) in [7, 11) is 0. The molecule has 1 aromatic carbocycles. The van der Waals surface area contributed by atoms with Gasteiger partial charge in [0.25, 0.3) is 0 Å². The van der Waals surface area contributed by atoms with Gasteiger partial charge < -0.3 is 15.2 Å². The number of carboxylic acid groups (broad SMARTS) is 1. The van der Waals surface area contributed by atoms with E-state index in [1.165, 1.54) is 12.8 Å². The number of benzene rings is 1. The summed E-state index contributed by atoms with van der Waals surface area (Å²) in [6, 6.07) is 7.34. The molecule has 2 N–H and O–H groups in total. The maximum atomic E-state index is 12.0. The lowest BCUT2D eigenvalue weighted by Crippen LogP contribution is -2.18. The first-order valence-electron chi connectivity index (χ1n) is 7.44. The van der Waals surface area contributed by atoms with Crippen molar-refractivity contribution < 1.29 is 19.4 Å². The highest BCUT2D eigenvalue weighted by atomic mass is 16.5. The van der Waals surface area contributed by atoms with Crippen LogP contribution in [0.3, 0.4) is 0 Å². The highest BCUT2D eigenvalue weighted by Crippen LogP contribution is 2.40. The van der Waals surface area contributed by atoms with Crippen LogP contribution >= 0.6 is 0 Å². The molecule has 112 valence electrons. The number of carboxylic acids is 1. The van der Waals surface area contributed by atoms with E-state index in [9.17, 15) is 9.59 Å². The summed E-state index contributed by atoms with van der Waals surface area (Å²) < 4.78 is 5.95. The molecule has 0 aromatic heterocycles. The minimum Gasteiger partial charge on any atom is -0.488 e. The van der Waals surface area contributed by atoms with Crippen LogP contribution in [0, 0.1) is 11.8 Å². The van der Waals surface area contributed by atoms with Gasteiger partial charge in [0, 0.05) is 0 Å². The number of carbonyl (C=O) groups excluding carboxylic acids is 1. The second-order valence-electron chi connectivity index (χ2n) is 5.80. The van der Waals surface area contributed by atoms with Gasteiger partial charge in [-0.05, 0) is 44.2 Å². The van der Waals surface area contributed by atoms with Crippen molar-refractivity contribution in [3.63, 3.8) is 0 Å². The molecule has 2 aliphatic carbocycles. The Kier molecular flexibility index (Phi) is 3.82. The maximum Gasteiger partial charge on any atom is 0.307 e. The average molecular weight is 289 g/mol. The third-order valence-corrected chi connectivity index (χ3v) is 4.19. The molecule has 2 fully saturated rings. The number of ether oxygens (including phenoxy) is 1. The second-order valence-corrected chi connectivity index (χ2v) is 5.80. The number of carbonyl (C=O) groups is 2.